The molecule has 1 aliphatic heterocycles. The summed E-state index contributed by atoms with van der Waals surface area (Å²) >= 11 is 0. The predicted octanol–water partition coefficient (Wildman–Crippen LogP) is 4.73. The molecule has 0 bridgehead atoms. The lowest BCUT2D eigenvalue weighted by Crippen LogP contribution is -2.19. The van der Waals surface area contributed by atoms with Crippen molar-refractivity contribution in [2.24, 2.45) is 7.05 Å². The topological polar surface area (TPSA) is 51.5 Å². The first-order valence-corrected chi connectivity index (χ1v) is 8.89. The van der Waals surface area contributed by atoms with Gasteiger partial charge in [-0.05, 0) is 36.8 Å². The fourth-order valence-electron chi connectivity index (χ4n) is 4.22. The predicted molar refractivity (Wildman–Crippen MR) is 109 cm³/mol. The third-order valence-electron chi connectivity index (χ3n) is 5.83. The Bertz CT molecular complexity index is 1380. The Morgan fingerprint density at radius 2 is 1.78 bits per heavy atom. The number of phenolic OH excluding ortho intramolecular Hbond substituents is 1. The molecular formula is C23H19NO3. The molecule has 4 aromatic rings. The zero-order valence-corrected chi connectivity index (χ0v) is 15.5. The molecule has 0 spiro atoms. The number of aryl methyl sites for hydroxylation is 1. The van der Waals surface area contributed by atoms with Gasteiger partial charge >= 0.3 is 0 Å². The van der Waals surface area contributed by atoms with Crippen molar-refractivity contribution in [3.63, 3.8) is 0 Å². The standard InChI is InChI=1S/C23H19NO3/c1-12-23(2,3)20-18(27-12)11-17(25)19-21(20)24(4)16-10-14-8-6-5-7-13(14)9-15(16)22(19)26/h5-11,25H,1H2,2-4H3. The van der Waals surface area contributed by atoms with Gasteiger partial charge in [-0.2, -0.15) is 0 Å². The van der Waals surface area contributed by atoms with E-state index in [4.69, 9.17) is 4.74 Å². The molecule has 4 nitrogen and oxygen atoms in total. The highest BCUT2D eigenvalue weighted by Gasteiger charge is 2.39. The second kappa shape index (κ2) is 4.92. The normalized spacial score (nSPS) is 15.4. The third kappa shape index (κ3) is 1.90. The lowest BCUT2D eigenvalue weighted by molar-refractivity contribution is 0.393. The second-order valence-electron chi connectivity index (χ2n) is 7.75. The number of rotatable bonds is 0. The summed E-state index contributed by atoms with van der Waals surface area (Å²) in [6, 6.07) is 13.4. The van der Waals surface area contributed by atoms with Crippen LogP contribution in [0, 0.1) is 0 Å². The van der Waals surface area contributed by atoms with Crippen molar-refractivity contribution in [2.45, 2.75) is 19.3 Å². The maximum absolute atomic E-state index is 13.4. The average molecular weight is 357 g/mol. The number of allylic oxidation sites excluding steroid dienone is 1. The molecule has 0 unspecified atom stereocenters. The number of nitrogens with zero attached hydrogens (tertiary/aromatic N) is 1. The fraction of sp³-hybridized carbons (Fsp3) is 0.174. The van der Waals surface area contributed by atoms with Gasteiger partial charge in [0.05, 0.1) is 21.8 Å². The van der Waals surface area contributed by atoms with E-state index in [0.717, 1.165) is 21.9 Å². The van der Waals surface area contributed by atoms with E-state index in [-0.39, 0.29) is 11.2 Å². The monoisotopic (exact) mass is 357 g/mol. The molecule has 2 heterocycles. The zero-order valence-electron chi connectivity index (χ0n) is 15.5. The molecule has 0 atom stereocenters. The number of fused-ring (bicyclic) bond motifs is 5. The Morgan fingerprint density at radius 1 is 1.11 bits per heavy atom. The molecule has 1 N–H and O–H groups in total. The van der Waals surface area contributed by atoms with Crippen LogP contribution in [0.15, 0.2) is 59.6 Å². The highest BCUT2D eigenvalue weighted by molar-refractivity contribution is 6.04. The Morgan fingerprint density at radius 3 is 2.48 bits per heavy atom. The van der Waals surface area contributed by atoms with Crippen molar-refractivity contribution in [3.8, 4) is 11.5 Å². The molecule has 0 radical (unpaired) electrons. The van der Waals surface area contributed by atoms with Crippen LogP contribution in [0.4, 0.5) is 0 Å². The van der Waals surface area contributed by atoms with Crippen LogP contribution in [0.25, 0.3) is 32.6 Å². The van der Waals surface area contributed by atoms with Crippen LogP contribution < -0.4 is 10.2 Å². The smallest absolute Gasteiger partial charge is 0.200 e. The third-order valence-corrected chi connectivity index (χ3v) is 5.83. The SMILES string of the molecule is C=C1Oc2cc(O)c3c(=O)c4cc5ccccc5cc4n(C)c3c2C1(C)C. The van der Waals surface area contributed by atoms with Crippen molar-refractivity contribution in [2.75, 3.05) is 0 Å². The first kappa shape index (κ1) is 15.9. The number of aromatic nitrogens is 1. The van der Waals surface area contributed by atoms with Crippen LogP contribution in [0.2, 0.25) is 0 Å². The first-order valence-electron chi connectivity index (χ1n) is 8.89. The van der Waals surface area contributed by atoms with Crippen molar-refractivity contribution < 1.29 is 9.84 Å². The van der Waals surface area contributed by atoms with Gasteiger partial charge in [0.25, 0.3) is 0 Å². The van der Waals surface area contributed by atoms with Crippen molar-refractivity contribution in [3.05, 3.63) is 70.6 Å². The summed E-state index contributed by atoms with van der Waals surface area (Å²) in [5, 5.41) is 13.6. The minimum atomic E-state index is -0.462. The van der Waals surface area contributed by atoms with E-state index in [1.165, 1.54) is 6.07 Å². The molecule has 1 aromatic heterocycles. The van der Waals surface area contributed by atoms with E-state index in [1.807, 2.05) is 61.9 Å². The van der Waals surface area contributed by atoms with Crippen LogP contribution in [0.5, 0.6) is 11.5 Å². The van der Waals surface area contributed by atoms with Crippen LogP contribution >= 0.6 is 0 Å². The van der Waals surface area contributed by atoms with E-state index in [9.17, 15) is 9.90 Å². The Hall–Kier alpha value is -3.27. The van der Waals surface area contributed by atoms with Crippen LogP contribution in [-0.2, 0) is 12.5 Å². The minimum absolute atomic E-state index is 0.0649. The number of phenols is 1. The van der Waals surface area contributed by atoms with Crippen LogP contribution in [0.1, 0.15) is 19.4 Å². The fourth-order valence-corrected chi connectivity index (χ4v) is 4.22. The summed E-state index contributed by atoms with van der Waals surface area (Å²) in [7, 11) is 1.93. The Balaban J connectivity index is 2.09. The molecule has 134 valence electrons. The largest absolute Gasteiger partial charge is 0.507 e. The number of benzene rings is 3. The van der Waals surface area contributed by atoms with Gasteiger partial charge in [0, 0.05) is 24.1 Å². The van der Waals surface area contributed by atoms with Gasteiger partial charge in [0.1, 0.15) is 17.3 Å². The summed E-state index contributed by atoms with van der Waals surface area (Å²) in [6.45, 7) is 8.06. The number of ether oxygens (including phenoxy) is 1. The van der Waals surface area contributed by atoms with Gasteiger partial charge in [0.2, 0.25) is 5.43 Å². The highest BCUT2D eigenvalue weighted by Crippen LogP contribution is 2.50. The first-order chi connectivity index (χ1) is 12.8. The number of hydrogen-bond donors (Lipinski definition) is 1. The van der Waals surface area contributed by atoms with Crippen molar-refractivity contribution in [1.82, 2.24) is 4.57 Å². The molecule has 27 heavy (non-hydrogen) atoms. The molecule has 0 amide bonds. The van der Waals surface area contributed by atoms with E-state index < -0.39 is 5.41 Å². The average Bonchev–Trinajstić information content (AvgIpc) is 2.86. The molecule has 0 aliphatic carbocycles. The van der Waals surface area contributed by atoms with Crippen molar-refractivity contribution in [1.29, 1.82) is 0 Å². The lowest BCUT2D eigenvalue weighted by Gasteiger charge is -2.21. The molecule has 5 rings (SSSR count). The maximum atomic E-state index is 13.4. The summed E-state index contributed by atoms with van der Waals surface area (Å²) in [6.07, 6.45) is 0. The molecular weight excluding hydrogens is 338 g/mol. The maximum Gasteiger partial charge on any atom is 0.200 e. The number of hydrogen-bond acceptors (Lipinski definition) is 3. The zero-order chi connectivity index (χ0) is 19.1. The van der Waals surface area contributed by atoms with Crippen molar-refractivity contribution >= 4 is 32.6 Å². The summed E-state index contributed by atoms with van der Waals surface area (Å²) in [4.78, 5) is 13.4. The molecule has 4 heteroatoms. The van der Waals surface area contributed by atoms with Gasteiger partial charge in [0.15, 0.2) is 0 Å². The van der Waals surface area contributed by atoms with Gasteiger partial charge in [-0.25, -0.2) is 0 Å². The van der Waals surface area contributed by atoms with E-state index in [1.54, 1.807) is 0 Å². The molecule has 0 saturated carbocycles. The Kier molecular flexibility index (Phi) is 2.90. The van der Waals surface area contributed by atoms with Crippen LogP contribution in [0.3, 0.4) is 0 Å². The molecule has 0 saturated heterocycles. The Labute approximate surface area is 155 Å². The van der Waals surface area contributed by atoms with Crippen LogP contribution in [-0.4, -0.2) is 9.67 Å². The number of pyridine rings is 1. The summed E-state index contributed by atoms with van der Waals surface area (Å²) in [5.74, 6) is 1.10. The van der Waals surface area contributed by atoms with Gasteiger partial charge < -0.3 is 14.4 Å². The highest BCUT2D eigenvalue weighted by atomic mass is 16.5. The van der Waals surface area contributed by atoms with E-state index in [2.05, 4.69) is 6.58 Å². The molecule has 1 aliphatic rings. The quantitative estimate of drug-likeness (QED) is 0.463. The van der Waals surface area contributed by atoms with Gasteiger partial charge in [-0.3, -0.25) is 4.79 Å². The van der Waals surface area contributed by atoms with E-state index in [0.29, 0.717) is 27.8 Å². The second-order valence-corrected chi connectivity index (χ2v) is 7.75. The number of aromatic hydroxyl groups is 1. The van der Waals surface area contributed by atoms with E-state index >= 15 is 0 Å². The molecule has 3 aromatic carbocycles. The minimum Gasteiger partial charge on any atom is -0.507 e. The van der Waals surface area contributed by atoms with Gasteiger partial charge in [-0.1, -0.05) is 30.8 Å². The summed E-state index contributed by atoms with van der Waals surface area (Å²) in [5.41, 5.74) is 1.77. The lowest BCUT2D eigenvalue weighted by atomic mass is 9.82. The summed E-state index contributed by atoms with van der Waals surface area (Å²) < 4.78 is 7.81. The molecule has 0 fully saturated rings. The van der Waals surface area contributed by atoms with Gasteiger partial charge in [-0.15, -0.1) is 0 Å².